The van der Waals surface area contributed by atoms with E-state index in [0.717, 1.165) is 25.9 Å². The van der Waals surface area contributed by atoms with Gasteiger partial charge >= 0.3 is 6.03 Å². The standard InChI is InChI=1S/C16H25N3O/c1-12-6-5-7-15(13(12)2)17-14-8-10-19(11-9-14)16(20)18(3)4/h5-7,14,17H,8-11H2,1-4H3. The second-order valence-corrected chi connectivity index (χ2v) is 5.83. The van der Waals surface area contributed by atoms with Gasteiger partial charge in [-0.05, 0) is 43.9 Å². The molecule has 4 heteroatoms. The minimum atomic E-state index is 0.121. The zero-order valence-electron chi connectivity index (χ0n) is 12.9. The quantitative estimate of drug-likeness (QED) is 0.901. The number of hydrogen-bond acceptors (Lipinski definition) is 2. The number of nitrogens with one attached hydrogen (secondary N) is 1. The maximum absolute atomic E-state index is 11.9. The molecule has 0 atom stereocenters. The number of carbonyl (C=O) groups excluding carboxylic acids is 1. The van der Waals surface area contributed by atoms with E-state index in [4.69, 9.17) is 0 Å². The molecule has 1 aliphatic heterocycles. The molecule has 20 heavy (non-hydrogen) atoms. The first kappa shape index (κ1) is 14.7. The van der Waals surface area contributed by atoms with Gasteiger partial charge in [-0.3, -0.25) is 0 Å². The summed E-state index contributed by atoms with van der Waals surface area (Å²) in [7, 11) is 3.62. The Hall–Kier alpha value is -1.71. The van der Waals surface area contributed by atoms with Crippen LogP contribution in [0.4, 0.5) is 10.5 Å². The van der Waals surface area contributed by atoms with E-state index in [2.05, 4.69) is 37.4 Å². The van der Waals surface area contributed by atoms with Crippen LogP contribution in [0.1, 0.15) is 24.0 Å². The lowest BCUT2D eigenvalue weighted by Gasteiger charge is -2.34. The van der Waals surface area contributed by atoms with Gasteiger partial charge in [-0.2, -0.15) is 0 Å². The van der Waals surface area contributed by atoms with Crippen molar-refractivity contribution in [3.05, 3.63) is 29.3 Å². The molecule has 0 aromatic heterocycles. The molecule has 110 valence electrons. The van der Waals surface area contributed by atoms with E-state index in [-0.39, 0.29) is 6.03 Å². The van der Waals surface area contributed by atoms with Crippen molar-refractivity contribution in [1.29, 1.82) is 0 Å². The summed E-state index contributed by atoms with van der Waals surface area (Å²) in [6, 6.07) is 6.95. The predicted octanol–water partition coefficient (Wildman–Crippen LogP) is 2.86. The van der Waals surface area contributed by atoms with Crippen molar-refractivity contribution >= 4 is 11.7 Å². The summed E-state index contributed by atoms with van der Waals surface area (Å²) in [6.45, 7) is 5.96. The second kappa shape index (κ2) is 6.16. The van der Waals surface area contributed by atoms with E-state index >= 15 is 0 Å². The van der Waals surface area contributed by atoms with Crippen LogP contribution in [0, 0.1) is 13.8 Å². The average Bonchev–Trinajstić information content (AvgIpc) is 2.44. The number of anilines is 1. The number of nitrogens with zero attached hydrogens (tertiary/aromatic N) is 2. The normalized spacial score (nSPS) is 16.1. The predicted molar refractivity (Wildman–Crippen MR) is 83.2 cm³/mol. The van der Waals surface area contributed by atoms with E-state index in [1.807, 2.05) is 19.0 Å². The van der Waals surface area contributed by atoms with Crippen molar-refractivity contribution in [2.45, 2.75) is 32.7 Å². The summed E-state index contributed by atoms with van der Waals surface area (Å²) in [4.78, 5) is 15.5. The third-order valence-electron chi connectivity index (χ3n) is 4.11. The lowest BCUT2D eigenvalue weighted by Crippen LogP contribution is -2.46. The Morgan fingerprint density at radius 1 is 1.25 bits per heavy atom. The summed E-state index contributed by atoms with van der Waals surface area (Å²) in [5.41, 5.74) is 3.86. The SMILES string of the molecule is Cc1cccc(NC2CCN(C(=O)N(C)C)CC2)c1C. The van der Waals surface area contributed by atoms with Crippen LogP contribution in [-0.2, 0) is 0 Å². The van der Waals surface area contributed by atoms with Crippen molar-refractivity contribution in [1.82, 2.24) is 9.80 Å². The second-order valence-electron chi connectivity index (χ2n) is 5.83. The zero-order chi connectivity index (χ0) is 14.7. The molecular formula is C16H25N3O. The summed E-state index contributed by atoms with van der Waals surface area (Å²) in [5, 5.41) is 3.63. The van der Waals surface area contributed by atoms with Crippen LogP contribution in [-0.4, -0.2) is 49.1 Å². The first-order valence-electron chi connectivity index (χ1n) is 7.28. The fourth-order valence-corrected chi connectivity index (χ4v) is 2.63. The van der Waals surface area contributed by atoms with Crippen LogP contribution in [0.3, 0.4) is 0 Å². The van der Waals surface area contributed by atoms with Gasteiger partial charge in [0.05, 0.1) is 0 Å². The Bertz CT molecular complexity index is 477. The Kier molecular flexibility index (Phi) is 4.53. The molecule has 2 amide bonds. The molecule has 1 fully saturated rings. The number of hydrogen-bond donors (Lipinski definition) is 1. The number of benzene rings is 1. The number of piperidine rings is 1. The van der Waals surface area contributed by atoms with Gasteiger partial charge in [0.2, 0.25) is 0 Å². The molecule has 0 saturated carbocycles. The molecule has 0 unspecified atom stereocenters. The highest BCUT2D eigenvalue weighted by atomic mass is 16.2. The van der Waals surface area contributed by atoms with Gasteiger partial charge in [-0.1, -0.05) is 12.1 Å². The molecular weight excluding hydrogens is 250 g/mol. The van der Waals surface area contributed by atoms with Crippen LogP contribution < -0.4 is 5.32 Å². The Balaban J connectivity index is 1.92. The fourth-order valence-electron chi connectivity index (χ4n) is 2.63. The highest BCUT2D eigenvalue weighted by Crippen LogP contribution is 2.22. The summed E-state index contributed by atoms with van der Waals surface area (Å²) < 4.78 is 0. The number of aryl methyl sites for hydroxylation is 1. The van der Waals surface area contributed by atoms with E-state index in [9.17, 15) is 4.79 Å². The number of amides is 2. The topological polar surface area (TPSA) is 35.6 Å². The Morgan fingerprint density at radius 2 is 1.90 bits per heavy atom. The largest absolute Gasteiger partial charge is 0.382 e. The summed E-state index contributed by atoms with van der Waals surface area (Å²) in [6.07, 6.45) is 2.01. The molecule has 0 aliphatic carbocycles. The Morgan fingerprint density at radius 3 is 2.50 bits per heavy atom. The van der Waals surface area contributed by atoms with Gasteiger partial charge in [0.15, 0.2) is 0 Å². The van der Waals surface area contributed by atoms with E-state index in [1.54, 1.807) is 4.90 Å². The molecule has 0 spiro atoms. The summed E-state index contributed by atoms with van der Waals surface area (Å²) in [5.74, 6) is 0. The molecule has 0 bridgehead atoms. The molecule has 1 aliphatic rings. The highest BCUT2D eigenvalue weighted by molar-refractivity contribution is 5.73. The fraction of sp³-hybridized carbons (Fsp3) is 0.562. The van der Waals surface area contributed by atoms with Gasteiger partial charge in [-0.25, -0.2) is 4.79 Å². The van der Waals surface area contributed by atoms with E-state index in [1.165, 1.54) is 16.8 Å². The van der Waals surface area contributed by atoms with Crippen molar-refractivity contribution < 1.29 is 4.79 Å². The lowest BCUT2D eigenvalue weighted by molar-refractivity contribution is 0.158. The van der Waals surface area contributed by atoms with Gasteiger partial charge in [-0.15, -0.1) is 0 Å². The number of rotatable bonds is 2. The van der Waals surface area contributed by atoms with Crippen molar-refractivity contribution in [2.75, 3.05) is 32.5 Å². The molecule has 1 aromatic rings. The molecule has 1 N–H and O–H groups in total. The molecule has 0 radical (unpaired) electrons. The smallest absolute Gasteiger partial charge is 0.319 e. The van der Waals surface area contributed by atoms with Crippen molar-refractivity contribution in [2.24, 2.45) is 0 Å². The summed E-state index contributed by atoms with van der Waals surface area (Å²) >= 11 is 0. The van der Waals surface area contributed by atoms with Crippen LogP contribution in [0.2, 0.25) is 0 Å². The van der Waals surface area contributed by atoms with Gasteiger partial charge in [0.1, 0.15) is 0 Å². The van der Waals surface area contributed by atoms with E-state index < -0.39 is 0 Å². The van der Waals surface area contributed by atoms with E-state index in [0.29, 0.717) is 6.04 Å². The minimum Gasteiger partial charge on any atom is -0.382 e. The third kappa shape index (κ3) is 3.24. The molecule has 4 nitrogen and oxygen atoms in total. The third-order valence-corrected chi connectivity index (χ3v) is 4.11. The monoisotopic (exact) mass is 275 g/mol. The van der Waals surface area contributed by atoms with Crippen molar-refractivity contribution in [3.8, 4) is 0 Å². The number of urea groups is 1. The number of likely N-dealkylation sites (tertiary alicyclic amines) is 1. The van der Waals surface area contributed by atoms with Crippen molar-refractivity contribution in [3.63, 3.8) is 0 Å². The van der Waals surface area contributed by atoms with Gasteiger partial charge < -0.3 is 15.1 Å². The Labute approximate surface area is 121 Å². The molecule has 1 heterocycles. The minimum absolute atomic E-state index is 0.121. The first-order chi connectivity index (χ1) is 9.49. The van der Waals surface area contributed by atoms with Crippen LogP contribution in [0.15, 0.2) is 18.2 Å². The molecule has 1 saturated heterocycles. The molecule has 2 rings (SSSR count). The van der Waals surface area contributed by atoms with Gasteiger partial charge in [0, 0.05) is 38.9 Å². The first-order valence-corrected chi connectivity index (χ1v) is 7.28. The number of carbonyl (C=O) groups is 1. The lowest BCUT2D eigenvalue weighted by atomic mass is 10.0. The van der Waals surface area contributed by atoms with Crippen LogP contribution in [0.25, 0.3) is 0 Å². The van der Waals surface area contributed by atoms with Gasteiger partial charge in [0.25, 0.3) is 0 Å². The average molecular weight is 275 g/mol. The van der Waals surface area contributed by atoms with Crippen LogP contribution in [0.5, 0.6) is 0 Å². The molecule has 1 aromatic carbocycles. The highest BCUT2D eigenvalue weighted by Gasteiger charge is 2.23. The van der Waals surface area contributed by atoms with Crippen LogP contribution >= 0.6 is 0 Å². The maximum atomic E-state index is 11.9. The zero-order valence-corrected chi connectivity index (χ0v) is 12.9. The maximum Gasteiger partial charge on any atom is 0.319 e.